The fraction of sp³-hybridized carbons (Fsp3) is 0.538. The Kier molecular flexibility index (Phi) is 3.54. The van der Waals surface area contributed by atoms with Crippen molar-refractivity contribution >= 4 is 29.0 Å². The molecule has 0 aromatic carbocycles. The predicted molar refractivity (Wildman–Crippen MR) is 83.2 cm³/mol. The molecule has 0 amide bonds. The summed E-state index contributed by atoms with van der Waals surface area (Å²) in [5, 5.41) is 8.75. The summed E-state index contributed by atoms with van der Waals surface area (Å²) in [7, 11) is 4.18. The lowest BCUT2D eigenvalue weighted by atomic mass is 10.2. The minimum absolute atomic E-state index is 0.589. The topological polar surface area (TPSA) is 34.0 Å². The first kappa shape index (κ1) is 13.0. The molecular formula is C13H18N4S2. The molecule has 0 spiro atoms. The van der Waals surface area contributed by atoms with Gasteiger partial charge in [0.15, 0.2) is 5.82 Å². The van der Waals surface area contributed by atoms with Crippen LogP contribution in [0.5, 0.6) is 0 Å². The third-order valence-corrected chi connectivity index (χ3v) is 5.72. The number of aromatic nitrogens is 3. The maximum Gasteiger partial charge on any atom is 0.227 e. The van der Waals surface area contributed by atoms with E-state index in [0.29, 0.717) is 6.04 Å². The van der Waals surface area contributed by atoms with Gasteiger partial charge >= 0.3 is 0 Å². The average molecular weight is 294 g/mol. The molecule has 3 rings (SSSR count). The van der Waals surface area contributed by atoms with Crippen LogP contribution in [-0.2, 0) is 7.05 Å². The molecule has 2 aromatic heterocycles. The van der Waals surface area contributed by atoms with E-state index >= 15 is 0 Å². The third-order valence-electron chi connectivity index (χ3n) is 3.58. The molecule has 3 heterocycles. The monoisotopic (exact) mass is 294 g/mol. The van der Waals surface area contributed by atoms with Crippen LogP contribution in [0.25, 0.3) is 10.7 Å². The van der Waals surface area contributed by atoms with Gasteiger partial charge in [0, 0.05) is 30.8 Å². The SMILES string of the molecule is Cc1ccc(-c2nnc(N(C)[C@H]3CCSC3)n2C)s1. The van der Waals surface area contributed by atoms with Gasteiger partial charge in [-0.15, -0.1) is 21.5 Å². The van der Waals surface area contributed by atoms with Gasteiger partial charge in [-0.1, -0.05) is 0 Å². The highest BCUT2D eigenvalue weighted by Crippen LogP contribution is 2.30. The van der Waals surface area contributed by atoms with Gasteiger partial charge in [0.2, 0.25) is 5.95 Å². The van der Waals surface area contributed by atoms with Crippen LogP contribution in [0.4, 0.5) is 5.95 Å². The number of aryl methyl sites for hydroxylation is 1. The Labute approximate surface area is 121 Å². The lowest BCUT2D eigenvalue weighted by Crippen LogP contribution is -2.33. The molecule has 1 atom stereocenters. The van der Waals surface area contributed by atoms with Crippen molar-refractivity contribution in [2.45, 2.75) is 19.4 Å². The van der Waals surface area contributed by atoms with E-state index in [9.17, 15) is 0 Å². The van der Waals surface area contributed by atoms with Gasteiger partial charge in [-0.05, 0) is 31.2 Å². The fourth-order valence-electron chi connectivity index (χ4n) is 2.39. The minimum atomic E-state index is 0.589. The van der Waals surface area contributed by atoms with E-state index in [1.165, 1.54) is 27.7 Å². The summed E-state index contributed by atoms with van der Waals surface area (Å²) in [6.45, 7) is 2.12. The number of nitrogens with zero attached hydrogens (tertiary/aromatic N) is 4. The van der Waals surface area contributed by atoms with E-state index in [1.807, 2.05) is 11.8 Å². The molecule has 102 valence electrons. The highest BCUT2D eigenvalue weighted by atomic mass is 32.2. The van der Waals surface area contributed by atoms with Crippen molar-refractivity contribution in [1.82, 2.24) is 14.8 Å². The maximum atomic E-state index is 4.38. The minimum Gasteiger partial charge on any atom is -0.340 e. The molecule has 19 heavy (non-hydrogen) atoms. The molecule has 1 fully saturated rings. The van der Waals surface area contributed by atoms with Crippen LogP contribution >= 0.6 is 23.1 Å². The molecule has 0 saturated carbocycles. The molecule has 0 radical (unpaired) electrons. The van der Waals surface area contributed by atoms with Crippen molar-refractivity contribution in [3.63, 3.8) is 0 Å². The molecule has 1 saturated heterocycles. The number of thioether (sulfide) groups is 1. The number of thiophene rings is 1. The Bertz CT molecular complexity index is 569. The van der Waals surface area contributed by atoms with Gasteiger partial charge in [-0.3, -0.25) is 4.57 Å². The van der Waals surface area contributed by atoms with E-state index < -0.39 is 0 Å². The Morgan fingerprint density at radius 1 is 1.37 bits per heavy atom. The summed E-state index contributed by atoms with van der Waals surface area (Å²) in [6.07, 6.45) is 1.24. The second-order valence-corrected chi connectivity index (χ2v) is 7.36. The van der Waals surface area contributed by atoms with Crippen molar-refractivity contribution in [3.8, 4) is 10.7 Å². The predicted octanol–water partition coefficient (Wildman–Crippen LogP) is 2.79. The quantitative estimate of drug-likeness (QED) is 0.872. The van der Waals surface area contributed by atoms with Gasteiger partial charge < -0.3 is 4.90 Å². The number of hydrogen-bond acceptors (Lipinski definition) is 5. The standard InChI is InChI=1S/C13H18N4S2/c1-9-4-5-11(19-9)12-14-15-13(17(12)3)16(2)10-6-7-18-8-10/h4-5,10H,6-8H2,1-3H3/t10-/m0/s1. The average Bonchev–Trinajstić information content (AvgIpc) is 3.08. The van der Waals surface area contributed by atoms with Crippen LogP contribution in [-0.4, -0.2) is 39.4 Å². The molecule has 0 N–H and O–H groups in total. The van der Waals surface area contributed by atoms with Crippen LogP contribution in [0, 0.1) is 6.92 Å². The molecule has 1 aliphatic rings. The van der Waals surface area contributed by atoms with E-state index in [-0.39, 0.29) is 0 Å². The molecule has 1 aliphatic heterocycles. The van der Waals surface area contributed by atoms with Crippen LogP contribution in [0.3, 0.4) is 0 Å². The fourth-order valence-corrected chi connectivity index (χ4v) is 4.54. The highest BCUT2D eigenvalue weighted by Gasteiger charge is 2.24. The number of rotatable bonds is 3. The second kappa shape index (κ2) is 5.17. The highest BCUT2D eigenvalue weighted by molar-refractivity contribution is 7.99. The number of hydrogen-bond donors (Lipinski definition) is 0. The first-order valence-corrected chi connectivity index (χ1v) is 8.40. The van der Waals surface area contributed by atoms with Gasteiger partial charge in [0.05, 0.1) is 4.88 Å². The lowest BCUT2D eigenvalue weighted by Gasteiger charge is -2.24. The van der Waals surface area contributed by atoms with Gasteiger partial charge in [-0.25, -0.2) is 0 Å². The third kappa shape index (κ3) is 2.39. The van der Waals surface area contributed by atoms with Crippen molar-refractivity contribution in [3.05, 3.63) is 17.0 Å². The summed E-state index contributed by atoms with van der Waals surface area (Å²) in [5.41, 5.74) is 0. The zero-order valence-electron chi connectivity index (χ0n) is 11.5. The van der Waals surface area contributed by atoms with Gasteiger partial charge in [-0.2, -0.15) is 11.8 Å². The van der Waals surface area contributed by atoms with E-state index in [0.717, 1.165) is 11.8 Å². The first-order valence-electron chi connectivity index (χ1n) is 6.43. The van der Waals surface area contributed by atoms with E-state index in [4.69, 9.17) is 0 Å². The first-order chi connectivity index (χ1) is 9.16. The molecule has 0 bridgehead atoms. The summed E-state index contributed by atoms with van der Waals surface area (Å²) in [4.78, 5) is 4.77. The second-order valence-electron chi connectivity index (χ2n) is 4.92. The van der Waals surface area contributed by atoms with Crippen LogP contribution in [0.1, 0.15) is 11.3 Å². The Morgan fingerprint density at radius 2 is 2.21 bits per heavy atom. The normalized spacial score (nSPS) is 19.0. The van der Waals surface area contributed by atoms with Crippen molar-refractivity contribution in [2.75, 3.05) is 23.5 Å². The molecule has 0 unspecified atom stereocenters. The van der Waals surface area contributed by atoms with Gasteiger partial charge in [0.1, 0.15) is 0 Å². The van der Waals surface area contributed by atoms with Crippen molar-refractivity contribution < 1.29 is 0 Å². The number of anilines is 1. The van der Waals surface area contributed by atoms with Crippen LogP contribution in [0.2, 0.25) is 0 Å². The maximum absolute atomic E-state index is 4.38. The molecular weight excluding hydrogens is 276 g/mol. The van der Waals surface area contributed by atoms with Crippen molar-refractivity contribution in [1.29, 1.82) is 0 Å². The van der Waals surface area contributed by atoms with E-state index in [2.05, 4.69) is 52.8 Å². The summed E-state index contributed by atoms with van der Waals surface area (Å²) in [5.74, 6) is 4.37. The molecule has 2 aromatic rings. The van der Waals surface area contributed by atoms with Crippen LogP contribution in [0.15, 0.2) is 12.1 Å². The zero-order chi connectivity index (χ0) is 13.4. The molecule has 0 aliphatic carbocycles. The Hall–Kier alpha value is -1.01. The summed E-state index contributed by atoms with van der Waals surface area (Å²) in [6, 6.07) is 4.84. The van der Waals surface area contributed by atoms with Gasteiger partial charge in [0.25, 0.3) is 0 Å². The zero-order valence-corrected chi connectivity index (χ0v) is 13.1. The summed E-state index contributed by atoms with van der Waals surface area (Å²) >= 11 is 3.79. The lowest BCUT2D eigenvalue weighted by molar-refractivity contribution is 0.666. The molecule has 4 nitrogen and oxygen atoms in total. The van der Waals surface area contributed by atoms with Crippen molar-refractivity contribution in [2.24, 2.45) is 7.05 Å². The van der Waals surface area contributed by atoms with E-state index in [1.54, 1.807) is 11.3 Å². The Morgan fingerprint density at radius 3 is 2.84 bits per heavy atom. The largest absolute Gasteiger partial charge is 0.340 e. The summed E-state index contributed by atoms with van der Waals surface area (Å²) < 4.78 is 2.11. The van der Waals surface area contributed by atoms with Crippen LogP contribution < -0.4 is 4.90 Å². The Balaban J connectivity index is 1.90. The molecule has 6 heteroatoms. The smallest absolute Gasteiger partial charge is 0.227 e.